The van der Waals surface area contributed by atoms with E-state index in [2.05, 4.69) is 35.2 Å². The molecule has 1 atom stereocenters. The first-order chi connectivity index (χ1) is 17.8. The van der Waals surface area contributed by atoms with E-state index in [-0.39, 0.29) is 23.8 Å². The van der Waals surface area contributed by atoms with Crippen LogP contribution in [0.1, 0.15) is 35.7 Å². The summed E-state index contributed by atoms with van der Waals surface area (Å²) in [7, 11) is 0. The topological polar surface area (TPSA) is 137 Å². The monoisotopic (exact) mass is 505 g/mol. The molecule has 0 spiro atoms. The first-order valence-electron chi connectivity index (χ1n) is 12.1. The van der Waals surface area contributed by atoms with Crippen LogP contribution in [-0.4, -0.2) is 58.6 Å². The number of nitrogens with one attached hydrogen (secondary N) is 3. The number of para-hydroxylation sites is 1. The maximum absolute atomic E-state index is 11.5. The lowest BCUT2D eigenvalue weighted by Gasteiger charge is -2.17. The summed E-state index contributed by atoms with van der Waals surface area (Å²) in [6, 6.07) is 18.1. The lowest BCUT2D eigenvalue weighted by atomic mass is 9.96. The number of carbonyl (C=O) groups is 1. The molecule has 4 aromatic rings. The number of aromatic amines is 2. The fraction of sp³-hybridized carbons (Fsp3) is 0.286. The summed E-state index contributed by atoms with van der Waals surface area (Å²) < 4.78 is 11.7. The molecule has 0 aliphatic carbocycles. The van der Waals surface area contributed by atoms with Crippen LogP contribution in [0.15, 0.2) is 65.5 Å². The van der Waals surface area contributed by atoms with Crippen molar-refractivity contribution in [3.8, 4) is 22.6 Å². The predicted molar refractivity (Wildman–Crippen MR) is 142 cm³/mol. The van der Waals surface area contributed by atoms with Crippen LogP contribution in [0, 0.1) is 0 Å². The van der Waals surface area contributed by atoms with Gasteiger partial charge >= 0.3 is 11.7 Å². The molecule has 0 radical (unpaired) electrons. The van der Waals surface area contributed by atoms with Crippen LogP contribution in [0.2, 0.25) is 0 Å². The first-order valence-corrected chi connectivity index (χ1v) is 12.1. The number of fused-ring (bicyclic) bond motifs is 1. The number of carboxylic acid groups (broad SMARTS) is 1. The molecule has 0 saturated carbocycles. The fourth-order valence-electron chi connectivity index (χ4n) is 4.01. The molecular formula is C28H31N3O6. The van der Waals surface area contributed by atoms with E-state index in [1.54, 1.807) is 42.5 Å². The Morgan fingerprint density at radius 3 is 2.46 bits per heavy atom. The van der Waals surface area contributed by atoms with E-state index in [0.717, 1.165) is 22.4 Å². The van der Waals surface area contributed by atoms with Crippen LogP contribution in [0.4, 0.5) is 0 Å². The summed E-state index contributed by atoms with van der Waals surface area (Å²) in [5, 5.41) is 22.5. The molecule has 9 nitrogen and oxygen atoms in total. The highest BCUT2D eigenvalue weighted by atomic mass is 16.5. The Kier molecular flexibility index (Phi) is 8.27. The molecule has 0 bridgehead atoms. The number of aromatic carboxylic acids is 1. The number of aliphatic hydroxyl groups is 1. The van der Waals surface area contributed by atoms with E-state index in [0.29, 0.717) is 36.5 Å². The number of carboxylic acids is 1. The summed E-state index contributed by atoms with van der Waals surface area (Å²) >= 11 is 0. The van der Waals surface area contributed by atoms with Gasteiger partial charge in [-0.25, -0.2) is 9.59 Å². The zero-order valence-electron chi connectivity index (χ0n) is 20.8. The third kappa shape index (κ3) is 6.58. The number of hydrogen-bond acceptors (Lipinski definition) is 6. The molecule has 0 aliphatic heterocycles. The van der Waals surface area contributed by atoms with Crippen molar-refractivity contribution in [2.24, 2.45) is 0 Å². The van der Waals surface area contributed by atoms with Crippen LogP contribution in [0.5, 0.6) is 11.5 Å². The molecule has 0 fully saturated rings. The van der Waals surface area contributed by atoms with Crippen molar-refractivity contribution in [1.29, 1.82) is 0 Å². The van der Waals surface area contributed by atoms with Crippen LogP contribution < -0.4 is 20.5 Å². The van der Waals surface area contributed by atoms with E-state index >= 15 is 0 Å². The second kappa shape index (κ2) is 11.8. The van der Waals surface area contributed by atoms with Gasteiger partial charge in [0.25, 0.3) is 0 Å². The first kappa shape index (κ1) is 26.0. The van der Waals surface area contributed by atoms with E-state index in [9.17, 15) is 14.7 Å². The Bertz CT molecular complexity index is 1410. The molecule has 37 heavy (non-hydrogen) atoms. The van der Waals surface area contributed by atoms with Gasteiger partial charge in [0, 0.05) is 13.1 Å². The van der Waals surface area contributed by atoms with Gasteiger partial charge in [0.1, 0.15) is 36.3 Å². The highest BCUT2D eigenvalue weighted by Crippen LogP contribution is 2.32. The molecule has 1 aromatic heterocycles. The largest absolute Gasteiger partial charge is 0.492 e. The minimum absolute atomic E-state index is 0.0760. The molecule has 3 aromatic carbocycles. The normalized spacial score (nSPS) is 12.1. The van der Waals surface area contributed by atoms with Crippen molar-refractivity contribution >= 4 is 17.0 Å². The van der Waals surface area contributed by atoms with E-state index < -0.39 is 12.1 Å². The minimum Gasteiger partial charge on any atom is -0.492 e. The third-order valence-corrected chi connectivity index (χ3v) is 5.96. The number of ether oxygens (including phenoxy) is 2. The molecule has 5 N–H and O–H groups in total. The van der Waals surface area contributed by atoms with E-state index in [1.165, 1.54) is 0 Å². The summed E-state index contributed by atoms with van der Waals surface area (Å²) in [5.74, 6) is 0.583. The average molecular weight is 506 g/mol. The molecule has 1 heterocycles. The highest BCUT2D eigenvalue weighted by molar-refractivity contribution is 5.88. The molecule has 1 unspecified atom stereocenters. The third-order valence-electron chi connectivity index (χ3n) is 5.96. The van der Waals surface area contributed by atoms with Crippen molar-refractivity contribution < 1.29 is 24.5 Å². The van der Waals surface area contributed by atoms with Crippen molar-refractivity contribution in [2.75, 3.05) is 26.3 Å². The molecule has 194 valence electrons. The minimum atomic E-state index is -0.946. The molecule has 4 rings (SSSR count). The van der Waals surface area contributed by atoms with Gasteiger partial charge in [-0.05, 0) is 59.0 Å². The molecule has 9 heteroatoms. The zero-order chi connectivity index (χ0) is 26.4. The summed E-state index contributed by atoms with van der Waals surface area (Å²) in [5.41, 5.74) is 4.17. The Balaban J connectivity index is 1.25. The molecule has 0 amide bonds. The van der Waals surface area contributed by atoms with Crippen molar-refractivity contribution in [2.45, 2.75) is 25.9 Å². The summed E-state index contributed by atoms with van der Waals surface area (Å²) in [6.07, 6.45) is -0.737. The Labute approximate surface area is 214 Å². The van der Waals surface area contributed by atoms with Gasteiger partial charge in [0.2, 0.25) is 0 Å². The van der Waals surface area contributed by atoms with Crippen LogP contribution in [0.25, 0.3) is 22.2 Å². The Morgan fingerprint density at radius 2 is 1.73 bits per heavy atom. The molecule has 0 saturated heterocycles. The van der Waals surface area contributed by atoms with Gasteiger partial charge in [-0.3, -0.25) is 0 Å². The predicted octanol–water partition coefficient (Wildman–Crippen LogP) is 3.75. The Morgan fingerprint density at radius 1 is 0.973 bits per heavy atom. The smallest absolute Gasteiger partial charge is 0.335 e. The Hall–Kier alpha value is -4.08. The number of benzene rings is 3. The van der Waals surface area contributed by atoms with E-state index in [4.69, 9.17) is 14.6 Å². The number of rotatable bonds is 12. The summed E-state index contributed by atoms with van der Waals surface area (Å²) in [6.45, 7) is 5.55. The summed E-state index contributed by atoms with van der Waals surface area (Å²) in [4.78, 5) is 28.0. The van der Waals surface area contributed by atoms with Crippen molar-refractivity contribution in [1.82, 2.24) is 15.3 Å². The fourth-order valence-corrected chi connectivity index (χ4v) is 4.01. The average Bonchev–Trinajstić information content (AvgIpc) is 3.28. The van der Waals surface area contributed by atoms with Gasteiger partial charge in [-0.2, -0.15) is 0 Å². The van der Waals surface area contributed by atoms with Crippen LogP contribution >= 0.6 is 0 Å². The van der Waals surface area contributed by atoms with Crippen molar-refractivity contribution in [3.05, 3.63) is 82.3 Å². The van der Waals surface area contributed by atoms with Gasteiger partial charge in [-0.15, -0.1) is 0 Å². The number of aliphatic hydroxyl groups excluding tert-OH is 1. The number of H-pyrrole nitrogens is 2. The SMILES string of the molecule is CC(C)c1cc(-c2ccc(C(=O)O)cc2)ccc1OCCNCC(O)COc1cccc2[nH]c(=O)[nH]c12. The quantitative estimate of drug-likeness (QED) is 0.185. The van der Waals surface area contributed by atoms with Crippen LogP contribution in [0.3, 0.4) is 0 Å². The lowest BCUT2D eigenvalue weighted by Crippen LogP contribution is -2.33. The maximum Gasteiger partial charge on any atom is 0.335 e. The van der Waals surface area contributed by atoms with Gasteiger partial charge < -0.3 is 35.0 Å². The number of imidazole rings is 1. The van der Waals surface area contributed by atoms with Crippen molar-refractivity contribution in [3.63, 3.8) is 0 Å². The number of hydrogen-bond donors (Lipinski definition) is 5. The second-order valence-electron chi connectivity index (χ2n) is 9.07. The second-order valence-corrected chi connectivity index (χ2v) is 9.07. The molecule has 0 aliphatic rings. The van der Waals surface area contributed by atoms with E-state index in [1.807, 2.05) is 12.1 Å². The van der Waals surface area contributed by atoms with Gasteiger partial charge in [0.15, 0.2) is 0 Å². The van der Waals surface area contributed by atoms with Gasteiger partial charge in [0.05, 0.1) is 11.1 Å². The lowest BCUT2D eigenvalue weighted by molar-refractivity contribution is 0.0697. The number of aromatic nitrogens is 2. The standard InChI is InChI=1S/C28H31N3O6/c1-17(2)22-14-20(18-6-8-19(9-7-18)27(33)34)10-11-24(22)36-13-12-29-15-21(32)16-37-25-5-3-4-23-26(25)31-28(35)30-23/h3-11,14,17,21,29,32H,12-13,15-16H2,1-2H3,(H,33,34)(H2,30,31,35). The highest BCUT2D eigenvalue weighted by Gasteiger charge is 2.12. The maximum atomic E-state index is 11.5. The zero-order valence-corrected chi connectivity index (χ0v) is 20.8. The van der Waals surface area contributed by atoms with Gasteiger partial charge in [-0.1, -0.05) is 38.1 Å². The van der Waals surface area contributed by atoms with Crippen LogP contribution in [-0.2, 0) is 0 Å². The molecular weight excluding hydrogens is 474 g/mol.